The van der Waals surface area contributed by atoms with Gasteiger partial charge in [0.2, 0.25) is 0 Å². The van der Waals surface area contributed by atoms with E-state index in [-0.39, 0.29) is 6.61 Å². The van der Waals surface area contributed by atoms with Crippen LogP contribution in [0.3, 0.4) is 0 Å². The summed E-state index contributed by atoms with van der Waals surface area (Å²) in [4.78, 5) is 11.0. The fourth-order valence-corrected chi connectivity index (χ4v) is 0.926. The Balaban J connectivity index is 2.26. The molecule has 0 bridgehead atoms. The number of halogens is 1. The van der Waals surface area contributed by atoms with E-state index in [1.54, 1.807) is 12.1 Å². The predicted molar refractivity (Wildman–Crippen MR) is 57.9 cm³/mol. The summed E-state index contributed by atoms with van der Waals surface area (Å²) < 4.78 is 9.83. The van der Waals surface area contributed by atoms with Gasteiger partial charge in [0.1, 0.15) is 5.75 Å². The third kappa shape index (κ3) is 5.08. The van der Waals surface area contributed by atoms with Crippen molar-refractivity contribution >= 4 is 17.6 Å². The highest BCUT2D eigenvalue weighted by atomic mass is 35.5. The first-order chi connectivity index (χ1) is 7.33. The zero-order valence-corrected chi connectivity index (χ0v) is 8.81. The van der Waals surface area contributed by atoms with E-state index in [4.69, 9.17) is 16.3 Å². The molecule has 0 spiro atoms. The van der Waals surface area contributed by atoms with Gasteiger partial charge in [-0.05, 0) is 18.2 Å². The summed E-state index contributed by atoms with van der Waals surface area (Å²) in [5, 5.41) is 0. The number of hydrogen-bond donors (Lipinski definition) is 0. The van der Waals surface area contributed by atoms with Crippen LogP contribution in [0, 0.1) is 0 Å². The Bertz CT molecular complexity index is 322. The number of carbonyl (C=O) groups excluding carboxylic acids is 1. The Morgan fingerprint density at radius 2 is 2.07 bits per heavy atom. The molecule has 0 unspecified atom stereocenters. The van der Waals surface area contributed by atoms with Gasteiger partial charge in [-0.2, -0.15) is 0 Å². The second kappa shape index (κ2) is 6.90. The topological polar surface area (TPSA) is 35.5 Å². The van der Waals surface area contributed by atoms with Crippen molar-refractivity contribution in [1.29, 1.82) is 0 Å². The zero-order valence-electron chi connectivity index (χ0n) is 8.06. The van der Waals surface area contributed by atoms with Crippen molar-refractivity contribution in [2.75, 3.05) is 12.5 Å². The van der Waals surface area contributed by atoms with Crippen LogP contribution in [0.4, 0.5) is 0 Å². The van der Waals surface area contributed by atoms with Crippen molar-refractivity contribution < 1.29 is 14.3 Å². The second-order valence-corrected chi connectivity index (χ2v) is 2.93. The van der Waals surface area contributed by atoms with Crippen molar-refractivity contribution in [3.63, 3.8) is 0 Å². The highest BCUT2D eigenvalue weighted by Crippen LogP contribution is 2.07. The molecule has 0 amide bonds. The maximum absolute atomic E-state index is 11.0. The quantitative estimate of drug-likeness (QED) is 0.439. The van der Waals surface area contributed by atoms with Gasteiger partial charge in [-0.15, -0.1) is 11.6 Å². The summed E-state index contributed by atoms with van der Waals surface area (Å²) in [6.07, 6.45) is 2.78. The smallest absolute Gasteiger partial charge is 0.348 e. The van der Waals surface area contributed by atoms with Gasteiger partial charge in [-0.1, -0.05) is 18.2 Å². The molecule has 1 aromatic carbocycles. The lowest BCUT2D eigenvalue weighted by Crippen LogP contribution is -2.12. The molecule has 1 aromatic rings. The van der Waals surface area contributed by atoms with E-state index in [1.807, 2.05) is 18.2 Å². The molecule has 1 rings (SSSR count). The molecule has 0 aliphatic heterocycles. The number of rotatable bonds is 5. The summed E-state index contributed by atoms with van der Waals surface area (Å²) >= 11 is 5.35. The Hall–Kier alpha value is -1.48. The molecule has 0 saturated heterocycles. The lowest BCUT2D eigenvalue weighted by molar-refractivity contribution is -0.140. The molecule has 80 valence electrons. The number of ether oxygens (including phenoxy) is 2. The number of para-hydroxylation sites is 1. The van der Waals surface area contributed by atoms with Crippen LogP contribution < -0.4 is 4.74 Å². The molecular formula is C11H11ClO3. The maximum atomic E-state index is 11.0. The first kappa shape index (κ1) is 11.6. The minimum absolute atomic E-state index is 0.114. The molecule has 0 atom stereocenters. The first-order valence-electron chi connectivity index (χ1n) is 4.41. The average Bonchev–Trinajstić information content (AvgIpc) is 2.28. The minimum atomic E-state index is -0.458. The molecule has 15 heavy (non-hydrogen) atoms. The van der Waals surface area contributed by atoms with Gasteiger partial charge in [-0.25, -0.2) is 4.79 Å². The lowest BCUT2D eigenvalue weighted by Gasteiger charge is -2.03. The van der Waals surface area contributed by atoms with E-state index in [2.05, 4.69) is 4.74 Å². The monoisotopic (exact) mass is 226 g/mol. The van der Waals surface area contributed by atoms with Gasteiger partial charge in [-0.3, -0.25) is 0 Å². The molecule has 0 saturated carbocycles. The normalized spacial score (nSPS) is 10.2. The van der Waals surface area contributed by atoms with E-state index in [0.717, 1.165) is 0 Å². The molecular weight excluding hydrogens is 216 g/mol. The zero-order chi connectivity index (χ0) is 10.9. The Labute approximate surface area is 93.3 Å². The molecule has 0 heterocycles. The Morgan fingerprint density at radius 3 is 2.73 bits per heavy atom. The SMILES string of the molecule is O=C(COc1ccccc1)OC=CCCl. The van der Waals surface area contributed by atoms with Crippen LogP contribution in [-0.2, 0) is 9.53 Å². The standard InChI is InChI=1S/C11H11ClO3/c12-7-4-8-14-11(13)9-15-10-5-2-1-3-6-10/h1-6,8H,7,9H2. The third-order valence-corrected chi connectivity index (χ3v) is 1.66. The van der Waals surface area contributed by atoms with Crippen molar-refractivity contribution in [2.24, 2.45) is 0 Å². The largest absolute Gasteiger partial charge is 0.482 e. The number of allylic oxidation sites excluding steroid dienone is 1. The van der Waals surface area contributed by atoms with Crippen LogP contribution in [0.2, 0.25) is 0 Å². The minimum Gasteiger partial charge on any atom is -0.482 e. The van der Waals surface area contributed by atoms with E-state index >= 15 is 0 Å². The van der Waals surface area contributed by atoms with Crippen LogP contribution in [0.5, 0.6) is 5.75 Å². The first-order valence-corrected chi connectivity index (χ1v) is 4.94. The molecule has 0 aromatic heterocycles. The van der Waals surface area contributed by atoms with E-state index < -0.39 is 5.97 Å². The van der Waals surface area contributed by atoms with Crippen molar-refractivity contribution in [2.45, 2.75) is 0 Å². The Kier molecular flexibility index (Phi) is 5.33. The predicted octanol–water partition coefficient (Wildman–Crippen LogP) is 2.36. The fourth-order valence-electron chi connectivity index (χ4n) is 0.853. The molecule has 0 radical (unpaired) electrons. The lowest BCUT2D eigenvalue weighted by atomic mass is 10.3. The number of esters is 1. The van der Waals surface area contributed by atoms with Crippen LogP contribution in [-0.4, -0.2) is 18.5 Å². The van der Waals surface area contributed by atoms with E-state index in [0.29, 0.717) is 11.6 Å². The number of alkyl halides is 1. The van der Waals surface area contributed by atoms with Crippen LogP contribution in [0.1, 0.15) is 0 Å². The van der Waals surface area contributed by atoms with Crippen molar-refractivity contribution in [3.05, 3.63) is 42.7 Å². The second-order valence-electron chi connectivity index (χ2n) is 2.62. The van der Waals surface area contributed by atoms with Crippen LogP contribution in [0.25, 0.3) is 0 Å². The van der Waals surface area contributed by atoms with Gasteiger partial charge >= 0.3 is 5.97 Å². The summed E-state index contributed by atoms with van der Waals surface area (Å²) in [5.41, 5.74) is 0. The van der Waals surface area contributed by atoms with E-state index in [1.165, 1.54) is 12.3 Å². The van der Waals surface area contributed by atoms with Gasteiger partial charge in [0.25, 0.3) is 0 Å². The maximum Gasteiger partial charge on any atom is 0.348 e. The van der Waals surface area contributed by atoms with Crippen molar-refractivity contribution in [1.82, 2.24) is 0 Å². The molecule has 0 aliphatic carbocycles. The number of carbonyl (C=O) groups is 1. The summed E-state index contributed by atoms with van der Waals surface area (Å²) in [6, 6.07) is 9.06. The van der Waals surface area contributed by atoms with Gasteiger partial charge < -0.3 is 9.47 Å². The molecule has 0 aliphatic rings. The highest BCUT2D eigenvalue weighted by molar-refractivity contribution is 6.18. The molecule has 4 heteroatoms. The van der Waals surface area contributed by atoms with Crippen LogP contribution >= 0.6 is 11.6 Å². The van der Waals surface area contributed by atoms with Gasteiger partial charge in [0, 0.05) is 5.88 Å². The Morgan fingerprint density at radius 1 is 1.33 bits per heavy atom. The third-order valence-electron chi connectivity index (χ3n) is 1.48. The van der Waals surface area contributed by atoms with Crippen LogP contribution in [0.15, 0.2) is 42.7 Å². The average molecular weight is 227 g/mol. The summed E-state index contributed by atoms with van der Waals surface area (Å²) in [7, 11) is 0. The molecule has 0 N–H and O–H groups in total. The fraction of sp³-hybridized carbons (Fsp3) is 0.182. The summed E-state index contributed by atoms with van der Waals surface area (Å²) in [5.74, 6) is 0.489. The molecule has 3 nitrogen and oxygen atoms in total. The van der Waals surface area contributed by atoms with E-state index in [9.17, 15) is 4.79 Å². The summed E-state index contributed by atoms with van der Waals surface area (Å²) in [6.45, 7) is -0.114. The highest BCUT2D eigenvalue weighted by Gasteiger charge is 2.01. The number of benzene rings is 1. The van der Waals surface area contributed by atoms with Gasteiger partial charge in [0.15, 0.2) is 6.61 Å². The molecule has 0 fully saturated rings. The van der Waals surface area contributed by atoms with Crippen molar-refractivity contribution in [3.8, 4) is 5.75 Å². The number of hydrogen-bond acceptors (Lipinski definition) is 3. The van der Waals surface area contributed by atoms with Gasteiger partial charge in [0.05, 0.1) is 6.26 Å².